The fourth-order valence-electron chi connectivity index (χ4n) is 3.14. The quantitative estimate of drug-likeness (QED) is 0.452. The molecule has 0 N–H and O–H groups in total. The predicted molar refractivity (Wildman–Crippen MR) is 54.1 cm³/mol. The van der Waals surface area contributed by atoms with Gasteiger partial charge in [0.2, 0.25) is 0 Å². The van der Waals surface area contributed by atoms with Crippen LogP contribution in [0.1, 0.15) is 19.3 Å². The third-order valence-corrected chi connectivity index (χ3v) is 4.36. The van der Waals surface area contributed by atoms with Gasteiger partial charge in [0.05, 0.1) is 0 Å². The van der Waals surface area contributed by atoms with E-state index < -0.39 is 28.7 Å². The molecule has 0 aliphatic heterocycles. The van der Waals surface area contributed by atoms with Crippen LogP contribution in [0.25, 0.3) is 0 Å². The number of fused-ring (bicyclic) bond motifs is 2. The molecule has 0 aromatic rings. The summed E-state index contributed by atoms with van der Waals surface area (Å²) in [5.41, 5.74) is 0. The van der Waals surface area contributed by atoms with E-state index in [0.717, 1.165) is 0 Å². The molecule has 2 aliphatic carbocycles. The number of alkyl halides is 5. The van der Waals surface area contributed by atoms with Gasteiger partial charge in [-0.3, -0.25) is 4.79 Å². The largest absolute Gasteiger partial charge is 0.464 e. The van der Waals surface area contributed by atoms with Crippen molar-refractivity contribution in [3.63, 3.8) is 0 Å². The number of ether oxygens (including phenoxy) is 1. The van der Waals surface area contributed by atoms with Crippen LogP contribution in [0, 0.1) is 17.8 Å². The molecule has 0 aromatic heterocycles. The summed E-state index contributed by atoms with van der Waals surface area (Å²) < 4.78 is 57.5. The molecule has 0 spiro atoms. The summed E-state index contributed by atoms with van der Waals surface area (Å²) in [6.45, 7) is 0.201. The maximum absolute atomic E-state index is 13.6. The molecular formula is C10H11BrF4O2. The SMILES string of the molecule is O=COC1CC2CC1C(C(F)(F)C(F)(F)Br)C2. The van der Waals surface area contributed by atoms with Crippen LogP contribution in [0.3, 0.4) is 0 Å². The van der Waals surface area contributed by atoms with Gasteiger partial charge in [0.1, 0.15) is 6.10 Å². The Morgan fingerprint density at radius 2 is 1.82 bits per heavy atom. The van der Waals surface area contributed by atoms with Crippen LogP contribution < -0.4 is 0 Å². The molecule has 2 saturated carbocycles. The van der Waals surface area contributed by atoms with Crippen molar-refractivity contribution in [2.45, 2.75) is 36.1 Å². The maximum atomic E-state index is 13.6. The molecule has 0 saturated heterocycles. The average Bonchev–Trinajstić information content (AvgIpc) is 2.75. The number of hydrogen-bond donors (Lipinski definition) is 0. The lowest BCUT2D eigenvalue weighted by Crippen LogP contribution is -2.47. The standard InChI is InChI=1S/C10H11BrF4O2/c11-10(14,15)9(12,13)7-2-5-1-6(7)8(3-5)17-4-16/h4-8H,1-3H2. The smallest absolute Gasteiger partial charge is 0.363 e. The second-order valence-corrected chi connectivity index (χ2v) is 5.73. The molecule has 2 bridgehead atoms. The monoisotopic (exact) mass is 318 g/mol. The number of rotatable bonds is 4. The molecule has 98 valence electrons. The Labute approximate surface area is 104 Å². The van der Waals surface area contributed by atoms with Gasteiger partial charge in [-0.2, -0.15) is 17.6 Å². The molecule has 0 amide bonds. The zero-order valence-corrected chi connectivity index (χ0v) is 10.3. The lowest BCUT2D eigenvalue weighted by atomic mass is 9.82. The van der Waals surface area contributed by atoms with Crippen LogP contribution in [-0.4, -0.2) is 23.3 Å². The first-order valence-corrected chi connectivity index (χ1v) is 6.10. The minimum atomic E-state index is -4.22. The molecule has 2 rings (SSSR count). The summed E-state index contributed by atoms with van der Waals surface area (Å²) in [4.78, 5) is 6.00. The molecule has 0 radical (unpaired) electrons. The van der Waals surface area contributed by atoms with Crippen molar-refractivity contribution in [3.8, 4) is 0 Å². The van der Waals surface area contributed by atoms with Crippen molar-refractivity contribution in [3.05, 3.63) is 0 Å². The number of carbonyl (C=O) groups excluding carboxylic acids is 1. The lowest BCUT2D eigenvalue weighted by molar-refractivity contribution is -0.201. The van der Waals surface area contributed by atoms with E-state index in [2.05, 4.69) is 0 Å². The first-order valence-electron chi connectivity index (χ1n) is 5.31. The zero-order chi connectivity index (χ0) is 12.8. The van der Waals surface area contributed by atoms with Crippen LogP contribution in [0.5, 0.6) is 0 Å². The van der Waals surface area contributed by atoms with Crippen LogP contribution >= 0.6 is 15.9 Å². The Bertz CT molecular complexity index is 318. The van der Waals surface area contributed by atoms with Gasteiger partial charge >= 0.3 is 10.8 Å². The van der Waals surface area contributed by atoms with Crippen molar-refractivity contribution in [1.82, 2.24) is 0 Å². The molecule has 2 nitrogen and oxygen atoms in total. The van der Waals surface area contributed by atoms with E-state index in [9.17, 15) is 22.4 Å². The molecule has 0 heterocycles. The van der Waals surface area contributed by atoms with Gasteiger partial charge in [-0.15, -0.1) is 0 Å². The molecular weight excluding hydrogens is 308 g/mol. The summed E-state index contributed by atoms with van der Waals surface area (Å²) in [6.07, 6.45) is 0.362. The summed E-state index contributed by atoms with van der Waals surface area (Å²) >= 11 is 1.75. The summed E-state index contributed by atoms with van der Waals surface area (Å²) in [5.74, 6) is -6.25. The molecule has 17 heavy (non-hydrogen) atoms. The Balaban J connectivity index is 2.16. The second-order valence-electron chi connectivity index (χ2n) is 4.73. The van der Waals surface area contributed by atoms with E-state index in [0.29, 0.717) is 12.8 Å². The lowest BCUT2D eigenvalue weighted by Gasteiger charge is -2.35. The van der Waals surface area contributed by atoms with Crippen LogP contribution in [0.4, 0.5) is 17.6 Å². The van der Waals surface area contributed by atoms with E-state index in [-0.39, 0.29) is 18.8 Å². The number of halogens is 5. The summed E-state index contributed by atoms with van der Waals surface area (Å²) in [6, 6.07) is 0. The highest BCUT2D eigenvalue weighted by atomic mass is 79.9. The fourth-order valence-corrected chi connectivity index (χ4v) is 3.43. The third kappa shape index (κ3) is 2.06. The van der Waals surface area contributed by atoms with Crippen molar-refractivity contribution < 1.29 is 27.1 Å². The highest BCUT2D eigenvalue weighted by Crippen LogP contribution is 2.58. The molecule has 7 heteroatoms. The van der Waals surface area contributed by atoms with Crippen molar-refractivity contribution in [1.29, 1.82) is 0 Å². The Morgan fingerprint density at radius 3 is 2.29 bits per heavy atom. The predicted octanol–water partition coefficient (Wildman–Crippen LogP) is 3.20. The number of hydrogen-bond acceptors (Lipinski definition) is 2. The summed E-state index contributed by atoms with van der Waals surface area (Å²) in [7, 11) is 0. The van der Waals surface area contributed by atoms with Gasteiger partial charge in [0, 0.05) is 11.8 Å². The Morgan fingerprint density at radius 1 is 1.18 bits per heavy atom. The number of carbonyl (C=O) groups is 1. The van der Waals surface area contributed by atoms with Gasteiger partial charge in [0.15, 0.2) is 0 Å². The highest BCUT2D eigenvalue weighted by molar-refractivity contribution is 9.10. The van der Waals surface area contributed by atoms with Crippen LogP contribution in [0.2, 0.25) is 0 Å². The van der Waals surface area contributed by atoms with Crippen molar-refractivity contribution >= 4 is 22.4 Å². The van der Waals surface area contributed by atoms with E-state index in [1.165, 1.54) is 0 Å². The van der Waals surface area contributed by atoms with Gasteiger partial charge in [0.25, 0.3) is 6.47 Å². The fraction of sp³-hybridized carbons (Fsp3) is 0.900. The molecule has 4 atom stereocenters. The van der Waals surface area contributed by atoms with Crippen LogP contribution in [-0.2, 0) is 9.53 Å². The van der Waals surface area contributed by atoms with Gasteiger partial charge in [-0.05, 0) is 41.1 Å². The average molecular weight is 319 g/mol. The molecule has 2 fully saturated rings. The Kier molecular flexibility index (Phi) is 3.16. The van der Waals surface area contributed by atoms with E-state index in [4.69, 9.17) is 4.74 Å². The van der Waals surface area contributed by atoms with Crippen molar-refractivity contribution in [2.75, 3.05) is 0 Å². The first-order chi connectivity index (χ1) is 7.77. The first kappa shape index (κ1) is 13.1. The molecule has 0 aromatic carbocycles. The molecule has 2 aliphatic rings. The summed E-state index contributed by atoms with van der Waals surface area (Å²) in [5, 5.41) is 0. The molecule has 4 unspecified atom stereocenters. The zero-order valence-electron chi connectivity index (χ0n) is 8.71. The van der Waals surface area contributed by atoms with Gasteiger partial charge in [-0.25, -0.2) is 0 Å². The third-order valence-electron chi connectivity index (χ3n) is 3.83. The topological polar surface area (TPSA) is 26.3 Å². The van der Waals surface area contributed by atoms with E-state index >= 15 is 0 Å². The highest BCUT2D eigenvalue weighted by Gasteiger charge is 2.66. The second kappa shape index (κ2) is 4.10. The van der Waals surface area contributed by atoms with Crippen LogP contribution in [0.15, 0.2) is 0 Å². The Hall–Kier alpha value is -0.330. The van der Waals surface area contributed by atoms with Gasteiger partial charge in [-0.1, -0.05) is 0 Å². The van der Waals surface area contributed by atoms with E-state index in [1.54, 1.807) is 15.9 Å². The minimum absolute atomic E-state index is 0.0457. The van der Waals surface area contributed by atoms with Gasteiger partial charge < -0.3 is 4.74 Å². The maximum Gasteiger partial charge on any atom is 0.363 e. The minimum Gasteiger partial charge on any atom is -0.464 e. The van der Waals surface area contributed by atoms with E-state index in [1.807, 2.05) is 0 Å². The van der Waals surface area contributed by atoms with Crippen molar-refractivity contribution in [2.24, 2.45) is 17.8 Å². The normalized spacial score (nSPS) is 37.2.